The van der Waals surface area contributed by atoms with Crippen LogP contribution in [0.3, 0.4) is 0 Å². The highest BCUT2D eigenvalue weighted by molar-refractivity contribution is 4.91. The van der Waals surface area contributed by atoms with E-state index in [1.165, 1.54) is 0 Å². The second kappa shape index (κ2) is 3.53. The Hall–Kier alpha value is -0.420. The molecular weight excluding hydrogens is 186 g/mol. The maximum Gasteiger partial charge on any atom is 0.343 e. The Kier molecular flexibility index (Phi) is 3.41. The Labute approximate surface area is 65.6 Å². The number of alkyl halides is 6. The number of rotatable bonds is 4. The highest BCUT2D eigenvalue weighted by Crippen LogP contribution is 2.39. The Balaban J connectivity index is 4.58. The highest BCUT2D eigenvalue weighted by atomic mass is 19.3. The predicted molar refractivity (Wildman–Crippen MR) is 30.7 cm³/mol. The molecule has 0 saturated heterocycles. The second-order valence-corrected chi connectivity index (χ2v) is 2.22. The van der Waals surface area contributed by atoms with Crippen LogP contribution in [-0.4, -0.2) is 24.7 Å². The average Bonchev–Trinajstić information content (AvgIpc) is 2.02. The van der Waals surface area contributed by atoms with Gasteiger partial charge in [-0.2, -0.15) is 17.6 Å². The quantitative estimate of drug-likeness (QED) is 0.602. The molecule has 6 heteroatoms. The van der Waals surface area contributed by atoms with Gasteiger partial charge in [-0.25, -0.2) is 8.78 Å². The van der Waals surface area contributed by atoms with E-state index >= 15 is 0 Å². The third kappa shape index (κ3) is 1.84. The molecule has 0 aromatic heterocycles. The topological polar surface area (TPSA) is 0 Å². The lowest BCUT2D eigenvalue weighted by molar-refractivity contribution is -0.243. The molecule has 0 fully saturated rings. The Morgan fingerprint density at radius 2 is 1.58 bits per heavy atom. The van der Waals surface area contributed by atoms with Crippen molar-refractivity contribution in [3.8, 4) is 0 Å². The van der Waals surface area contributed by atoms with E-state index in [1.54, 1.807) is 0 Å². The first-order valence-corrected chi connectivity index (χ1v) is 3.04. The molecule has 0 heterocycles. The first kappa shape index (κ1) is 11.6. The summed E-state index contributed by atoms with van der Waals surface area (Å²) in [6, 6.07) is 0. The normalized spacial score (nSPS) is 16.2. The molecule has 0 aliphatic rings. The third-order valence-corrected chi connectivity index (χ3v) is 1.30. The van der Waals surface area contributed by atoms with Gasteiger partial charge in [-0.1, -0.05) is 6.92 Å². The molecule has 0 spiro atoms. The smallest absolute Gasteiger partial charge is 0.244 e. The van der Waals surface area contributed by atoms with Gasteiger partial charge in [0, 0.05) is 0 Å². The molecule has 1 atom stereocenters. The SMILES string of the molecule is [CH2]C[C@H](F)C(F)(F)C(F)(F)CF. The molecule has 0 aliphatic heterocycles. The molecule has 1 radical (unpaired) electrons. The molecule has 73 valence electrons. The largest absolute Gasteiger partial charge is 0.343 e. The second-order valence-electron chi connectivity index (χ2n) is 2.22. The molecule has 0 saturated carbocycles. The van der Waals surface area contributed by atoms with Crippen molar-refractivity contribution in [2.45, 2.75) is 24.4 Å². The van der Waals surface area contributed by atoms with Crippen LogP contribution in [0.15, 0.2) is 0 Å². The van der Waals surface area contributed by atoms with Crippen molar-refractivity contribution in [1.82, 2.24) is 0 Å². The van der Waals surface area contributed by atoms with E-state index in [0.29, 0.717) is 0 Å². The first-order chi connectivity index (χ1) is 5.29. The number of halogens is 6. The Morgan fingerprint density at radius 1 is 1.17 bits per heavy atom. The maximum atomic E-state index is 12.2. The van der Waals surface area contributed by atoms with E-state index in [0.717, 1.165) is 0 Å². The van der Waals surface area contributed by atoms with Crippen molar-refractivity contribution < 1.29 is 26.3 Å². The number of hydrogen-bond donors (Lipinski definition) is 0. The fourth-order valence-corrected chi connectivity index (χ4v) is 0.499. The van der Waals surface area contributed by atoms with Crippen molar-refractivity contribution in [2.24, 2.45) is 0 Å². The van der Waals surface area contributed by atoms with Gasteiger partial charge in [0.1, 0.15) is 0 Å². The van der Waals surface area contributed by atoms with Crippen LogP contribution in [0.5, 0.6) is 0 Å². The number of hydrogen-bond acceptors (Lipinski definition) is 0. The molecule has 0 nitrogen and oxygen atoms in total. The van der Waals surface area contributed by atoms with Gasteiger partial charge >= 0.3 is 11.8 Å². The van der Waals surface area contributed by atoms with E-state index in [9.17, 15) is 26.3 Å². The van der Waals surface area contributed by atoms with Gasteiger partial charge in [0.05, 0.1) is 0 Å². The molecule has 0 amide bonds. The Morgan fingerprint density at radius 3 is 1.83 bits per heavy atom. The summed E-state index contributed by atoms with van der Waals surface area (Å²) in [5, 5.41) is 0. The lowest BCUT2D eigenvalue weighted by Gasteiger charge is -2.26. The van der Waals surface area contributed by atoms with Gasteiger partial charge in [-0.3, -0.25) is 0 Å². The van der Waals surface area contributed by atoms with E-state index in [4.69, 9.17) is 0 Å². The van der Waals surface area contributed by atoms with Crippen LogP contribution in [0.2, 0.25) is 0 Å². The van der Waals surface area contributed by atoms with E-state index in [2.05, 4.69) is 6.92 Å². The molecule has 0 aliphatic carbocycles. The summed E-state index contributed by atoms with van der Waals surface area (Å²) in [6.07, 6.45) is -4.15. The maximum absolute atomic E-state index is 12.2. The standard InChI is InChI=1S/C6H7F6/c1-2-4(8)6(11,12)5(9,10)3-7/h4H,1-3H2/t4-/m0/s1. The minimum absolute atomic E-state index is 1.03. The summed E-state index contributed by atoms with van der Waals surface area (Å²) >= 11 is 0. The van der Waals surface area contributed by atoms with Gasteiger partial charge in [0.15, 0.2) is 12.8 Å². The van der Waals surface area contributed by atoms with Gasteiger partial charge in [-0.05, 0) is 6.42 Å². The fourth-order valence-electron chi connectivity index (χ4n) is 0.499. The zero-order chi connectivity index (χ0) is 9.99. The van der Waals surface area contributed by atoms with Gasteiger partial charge < -0.3 is 0 Å². The van der Waals surface area contributed by atoms with E-state index in [1.807, 2.05) is 0 Å². The lowest BCUT2D eigenvalue weighted by atomic mass is 10.1. The first-order valence-electron chi connectivity index (χ1n) is 3.04. The summed E-state index contributed by atoms with van der Waals surface area (Å²) < 4.78 is 71.8. The molecular formula is C6H7F6. The van der Waals surface area contributed by atoms with Gasteiger partial charge in [0.2, 0.25) is 0 Å². The predicted octanol–water partition coefficient (Wildman–Crippen LogP) is 2.79. The van der Waals surface area contributed by atoms with Crippen LogP contribution >= 0.6 is 0 Å². The molecule has 12 heavy (non-hydrogen) atoms. The summed E-state index contributed by atoms with van der Waals surface area (Å²) in [5.74, 6) is -9.94. The fraction of sp³-hybridized carbons (Fsp3) is 0.833. The monoisotopic (exact) mass is 193 g/mol. The van der Waals surface area contributed by atoms with Crippen molar-refractivity contribution >= 4 is 0 Å². The molecule has 0 bridgehead atoms. The molecule has 0 aromatic rings. The summed E-state index contributed by atoms with van der Waals surface area (Å²) in [5.41, 5.74) is 0. The summed E-state index contributed by atoms with van der Waals surface area (Å²) in [4.78, 5) is 0. The third-order valence-electron chi connectivity index (χ3n) is 1.30. The minimum atomic E-state index is -4.98. The van der Waals surface area contributed by atoms with E-state index in [-0.39, 0.29) is 0 Å². The lowest BCUT2D eigenvalue weighted by Crippen LogP contribution is -2.49. The van der Waals surface area contributed by atoms with Crippen LogP contribution in [0, 0.1) is 6.92 Å². The molecule has 0 unspecified atom stereocenters. The van der Waals surface area contributed by atoms with Crippen LogP contribution in [0.4, 0.5) is 26.3 Å². The summed E-state index contributed by atoms with van der Waals surface area (Å²) in [7, 11) is 0. The Bertz CT molecular complexity index is 143. The van der Waals surface area contributed by atoms with Gasteiger partial charge in [-0.15, -0.1) is 0 Å². The molecule has 0 N–H and O–H groups in total. The van der Waals surface area contributed by atoms with Crippen molar-refractivity contribution in [3.63, 3.8) is 0 Å². The average molecular weight is 193 g/mol. The minimum Gasteiger partial charge on any atom is -0.244 e. The zero-order valence-corrected chi connectivity index (χ0v) is 5.97. The van der Waals surface area contributed by atoms with Crippen LogP contribution in [0.1, 0.15) is 6.42 Å². The van der Waals surface area contributed by atoms with Crippen molar-refractivity contribution in [1.29, 1.82) is 0 Å². The van der Waals surface area contributed by atoms with Crippen LogP contribution < -0.4 is 0 Å². The van der Waals surface area contributed by atoms with Crippen molar-refractivity contribution in [3.05, 3.63) is 6.92 Å². The zero-order valence-electron chi connectivity index (χ0n) is 5.97. The molecule has 0 rings (SSSR count). The summed E-state index contributed by atoms with van der Waals surface area (Å²) in [6.45, 7) is 0.106. The van der Waals surface area contributed by atoms with Crippen LogP contribution in [-0.2, 0) is 0 Å². The van der Waals surface area contributed by atoms with Crippen LogP contribution in [0.25, 0.3) is 0 Å². The van der Waals surface area contributed by atoms with Crippen molar-refractivity contribution in [2.75, 3.05) is 6.67 Å². The highest BCUT2D eigenvalue weighted by Gasteiger charge is 2.61. The van der Waals surface area contributed by atoms with Gasteiger partial charge in [0.25, 0.3) is 0 Å². The molecule has 0 aromatic carbocycles. The van der Waals surface area contributed by atoms with E-state index < -0.39 is 31.1 Å².